The maximum Gasteiger partial charge on any atom is 0.227 e. The smallest absolute Gasteiger partial charge is 0.227 e. The van der Waals surface area contributed by atoms with Gasteiger partial charge in [0.25, 0.3) is 0 Å². The van der Waals surface area contributed by atoms with Gasteiger partial charge in [-0.2, -0.15) is 0 Å². The first kappa shape index (κ1) is 18.8. The maximum atomic E-state index is 13.8. The largest absolute Gasteiger partial charge is 0.347 e. The van der Waals surface area contributed by atoms with E-state index in [9.17, 15) is 9.18 Å². The topological polar surface area (TPSA) is 49.3 Å². The molecule has 2 aromatic rings. The molecule has 2 heterocycles. The van der Waals surface area contributed by atoms with Gasteiger partial charge in [-0.05, 0) is 55.4 Å². The van der Waals surface area contributed by atoms with Crippen LogP contribution in [0.5, 0.6) is 0 Å². The van der Waals surface area contributed by atoms with E-state index in [1.165, 1.54) is 11.6 Å². The van der Waals surface area contributed by atoms with Crippen molar-refractivity contribution in [3.05, 3.63) is 52.6 Å². The van der Waals surface area contributed by atoms with E-state index in [0.29, 0.717) is 12.1 Å². The van der Waals surface area contributed by atoms with Crippen LogP contribution in [-0.2, 0) is 23.1 Å². The first-order valence-electron chi connectivity index (χ1n) is 9.94. The maximum absolute atomic E-state index is 13.8. The molecule has 1 aliphatic heterocycles. The van der Waals surface area contributed by atoms with Crippen LogP contribution in [0.15, 0.2) is 24.4 Å². The van der Waals surface area contributed by atoms with Crippen molar-refractivity contribution in [3.63, 3.8) is 0 Å². The Bertz CT molecular complexity index is 909. The van der Waals surface area contributed by atoms with Crippen LogP contribution in [0.2, 0.25) is 0 Å². The summed E-state index contributed by atoms with van der Waals surface area (Å²) in [5.41, 5.74) is 3.59. The van der Waals surface area contributed by atoms with Crippen LogP contribution in [0.4, 0.5) is 10.3 Å². The molecule has 4 rings (SSSR count). The van der Waals surface area contributed by atoms with E-state index in [-0.39, 0.29) is 23.6 Å². The van der Waals surface area contributed by atoms with Crippen LogP contribution in [0.25, 0.3) is 0 Å². The van der Waals surface area contributed by atoms with Crippen molar-refractivity contribution in [2.75, 3.05) is 32.1 Å². The van der Waals surface area contributed by atoms with Crippen molar-refractivity contribution in [1.82, 2.24) is 14.9 Å². The Morgan fingerprint density at radius 3 is 2.89 bits per heavy atom. The van der Waals surface area contributed by atoms with Crippen molar-refractivity contribution in [3.8, 4) is 0 Å². The molecule has 1 aromatic carbocycles. The van der Waals surface area contributed by atoms with Crippen LogP contribution < -0.4 is 4.90 Å². The fourth-order valence-corrected chi connectivity index (χ4v) is 4.52. The Labute approximate surface area is 165 Å². The van der Waals surface area contributed by atoms with Crippen molar-refractivity contribution in [2.24, 2.45) is 0 Å². The lowest BCUT2D eigenvalue weighted by Gasteiger charge is -2.40. The van der Waals surface area contributed by atoms with Gasteiger partial charge in [-0.3, -0.25) is 4.79 Å². The number of piperidine rings is 1. The molecule has 1 atom stereocenters. The number of hydrogen-bond donors (Lipinski definition) is 0. The van der Waals surface area contributed by atoms with Crippen LogP contribution in [0.1, 0.15) is 41.6 Å². The number of anilines is 1. The molecule has 1 spiro atoms. The molecule has 1 aromatic heterocycles. The van der Waals surface area contributed by atoms with E-state index in [4.69, 9.17) is 4.98 Å². The monoisotopic (exact) mass is 382 g/mol. The third kappa shape index (κ3) is 3.36. The molecule has 1 fully saturated rings. The number of fused-ring (bicyclic) bond motifs is 2. The molecule has 0 radical (unpaired) electrons. The molecule has 1 aliphatic carbocycles. The number of nitrogens with zero attached hydrogens (tertiary/aromatic N) is 4. The van der Waals surface area contributed by atoms with E-state index in [2.05, 4.69) is 4.98 Å². The van der Waals surface area contributed by atoms with Crippen molar-refractivity contribution < 1.29 is 9.18 Å². The third-order valence-corrected chi connectivity index (χ3v) is 6.15. The number of carbonyl (C=O) groups is 1. The summed E-state index contributed by atoms with van der Waals surface area (Å²) in [6.07, 6.45) is 6.18. The number of halogens is 1. The minimum Gasteiger partial charge on any atom is -0.347 e. The standard InChI is InChI=1S/C22H27FN4O/c1-15-5-6-16(11-18(15)23)12-19(28)27-10-4-8-22(14-27)9-7-17-13-24-21(26(2)3)25-20(17)22/h5-6,11,13H,4,7-10,12,14H2,1-3H3. The van der Waals surface area contributed by atoms with Gasteiger partial charge >= 0.3 is 0 Å². The molecule has 0 bridgehead atoms. The van der Waals surface area contributed by atoms with Gasteiger partial charge in [0.15, 0.2) is 0 Å². The second kappa shape index (κ2) is 7.15. The first-order chi connectivity index (χ1) is 13.4. The zero-order valence-corrected chi connectivity index (χ0v) is 16.8. The summed E-state index contributed by atoms with van der Waals surface area (Å²) < 4.78 is 13.8. The lowest BCUT2D eigenvalue weighted by molar-refractivity contribution is -0.132. The Hall–Kier alpha value is -2.50. The minimum atomic E-state index is -0.252. The molecule has 1 amide bonds. The highest BCUT2D eigenvalue weighted by Gasteiger charge is 2.44. The summed E-state index contributed by atoms with van der Waals surface area (Å²) in [5.74, 6) is 0.536. The zero-order valence-electron chi connectivity index (χ0n) is 16.8. The molecule has 1 unspecified atom stereocenters. The molecule has 2 aliphatic rings. The molecule has 148 valence electrons. The van der Waals surface area contributed by atoms with E-state index < -0.39 is 0 Å². The van der Waals surface area contributed by atoms with Crippen molar-refractivity contribution in [1.29, 1.82) is 0 Å². The zero-order chi connectivity index (χ0) is 19.9. The number of likely N-dealkylation sites (tertiary alicyclic amines) is 1. The average molecular weight is 382 g/mol. The molecule has 0 saturated carbocycles. The number of rotatable bonds is 3. The van der Waals surface area contributed by atoms with Crippen LogP contribution >= 0.6 is 0 Å². The van der Waals surface area contributed by atoms with Crippen molar-refractivity contribution >= 4 is 11.9 Å². The van der Waals surface area contributed by atoms with Crippen molar-refractivity contribution in [2.45, 2.75) is 44.4 Å². The molecule has 5 nitrogen and oxygen atoms in total. The van der Waals surface area contributed by atoms with E-state index in [0.717, 1.165) is 49.4 Å². The number of amides is 1. The fraction of sp³-hybridized carbons (Fsp3) is 0.500. The summed E-state index contributed by atoms with van der Waals surface area (Å²) in [4.78, 5) is 26.1. The van der Waals surface area contributed by atoms with Gasteiger partial charge < -0.3 is 9.80 Å². The molecular formula is C22H27FN4O. The van der Waals surface area contributed by atoms with Crippen LogP contribution in [-0.4, -0.2) is 48.0 Å². The number of carbonyl (C=O) groups excluding carboxylic acids is 1. The third-order valence-electron chi connectivity index (χ3n) is 6.15. The molecule has 1 saturated heterocycles. The first-order valence-corrected chi connectivity index (χ1v) is 9.94. The van der Waals surface area contributed by atoms with E-state index >= 15 is 0 Å². The van der Waals surface area contributed by atoms with Gasteiger partial charge in [0.1, 0.15) is 5.82 Å². The summed E-state index contributed by atoms with van der Waals surface area (Å²) in [7, 11) is 3.89. The highest BCUT2D eigenvalue weighted by Crippen LogP contribution is 2.44. The fourth-order valence-electron chi connectivity index (χ4n) is 4.52. The SMILES string of the molecule is Cc1ccc(CC(=O)N2CCCC3(CCc4cnc(N(C)C)nc43)C2)cc1F. The normalized spacial score (nSPS) is 21.1. The number of benzene rings is 1. The average Bonchev–Trinajstić information content (AvgIpc) is 3.02. The summed E-state index contributed by atoms with van der Waals surface area (Å²) in [6.45, 7) is 3.18. The van der Waals surface area contributed by atoms with Gasteiger partial charge in [-0.1, -0.05) is 12.1 Å². The van der Waals surface area contributed by atoms with Gasteiger partial charge in [0, 0.05) is 38.8 Å². The lowest BCUT2D eigenvalue weighted by Crippen LogP contribution is -2.48. The van der Waals surface area contributed by atoms with Gasteiger partial charge in [0.2, 0.25) is 11.9 Å². The predicted octanol–water partition coefficient (Wildman–Crippen LogP) is 3.04. The van der Waals surface area contributed by atoms with Gasteiger partial charge in [0.05, 0.1) is 12.1 Å². The van der Waals surface area contributed by atoms with E-state index in [1.54, 1.807) is 13.0 Å². The summed E-state index contributed by atoms with van der Waals surface area (Å²) in [5, 5.41) is 0. The second-order valence-corrected chi connectivity index (χ2v) is 8.40. The second-order valence-electron chi connectivity index (χ2n) is 8.40. The number of aromatic nitrogens is 2. The summed E-state index contributed by atoms with van der Waals surface area (Å²) in [6, 6.07) is 5.06. The Kier molecular flexibility index (Phi) is 4.81. The highest BCUT2D eigenvalue weighted by molar-refractivity contribution is 5.79. The minimum absolute atomic E-state index is 0.0673. The molecular weight excluding hydrogens is 355 g/mol. The molecule has 6 heteroatoms. The highest BCUT2D eigenvalue weighted by atomic mass is 19.1. The lowest BCUT2D eigenvalue weighted by atomic mass is 9.77. The number of hydrogen-bond acceptors (Lipinski definition) is 4. The predicted molar refractivity (Wildman–Crippen MR) is 107 cm³/mol. The van der Waals surface area contributed by atoms with Gasteiger partial charge in [-0.25, -0.2) is 14.4 Å². The van der Waals surface area contributed by atoms with Crippen LogP contribution in [0.3, 0.4) is 0 Å². The van der Waals surface area contributed by atoms with Crippen LogP contribution in [0, 0.1) is 12.7 Å². The van der Waals surface area contributed by atoms with Gasteiger partial charge in [-0.15, -0.1) is 0 Å². The summed E-state index contributed by atoms with van der Waals surface area (Å²) >= 11 is 0. The quantitative estimate of drug-likeness (QED) is 0.819. The molecule has 0 N–H and O–H groups in total. The Balaban J connectivity index is 1.55. The Morgan fingerprint density at radius 1 is 1.32 bits per heavy atom. The van der Waals surface area contributed by atoms with E-state index in [1.807, 2.05) is 36.2 Å². The number of aryl methyl sites for hydroxylation is 2. The Morgan fingerprint density at radius 2 is 2.14 bits per heavy atom. The molecule has 28 heavy (non-hydrogen) atoms.